The Labute approximate surface area is 258 Å². The third-order valence-corrected chi connectivity index (χ3v) is 9.55. The number of carbonyl (C=O) groups excluding carboxylic acids is 1. The van der Waals surface area contributed by atoms with Crippen LogP contribution in [0, 0.1) is 40.8 Å². The molecule has 0 aromatic heterocycles. The molecule has 2 saturated carbocycles. The minimum Gasteiger partial charge on any atom is -0.505 e. The Kier molecular flexibility index (Phi) is 10.1. The molecule has 242 valence electrons. The molecule has 4 nitrogen and oxygen atoms in total. The van der Waals surface area contributed by atoms with Crippen LogP contribution < -0.4 is 4.74 Å². The van der Waals surface area contributed by atoms with Crippen LogP contribution >= 0.6 is 0 Å². The molecule has 0 amide bonds. The van der Waals surface area contributed by atoms with Gasteiger partial charge in [0.1, 0.15) is 0 Å². The molecule has 10 heteroatoms. The molecule has 3 aromatic carbocycles. The third kappa shape index (κ3) is 6.71. The largest absolute Gasteiger partial charge is 0.505 e. The van der Waals surface area contributed by atoms with E-state index >= 15 is 8.78 Å². The van der Waals surface area contributed by atoms with Crippen molar-refractivity contribution in [1.82, 2.24) is 0 Å². The van der Waals surface area contributed by atoms with Crippen LogP contribution in [0.15, 0.2) is 36.4 Å². The topological polar surface area (TPSA) is 66.8 Å². The van der Waals surface area contributed by atoms with E-state index in [1.54, 1.807) is 0 Å². The zero-order valence-electron chi connectivity index (χ0n) is 24.9. The fourth-order valence-corrected chi connectivity index (χ4v) is 6.94. The number of ether oxygens (including phenoxy) is 1. The molecule has 0 radical (unpaired) electrons. The second kappa shape index (κ2) is 13.8. The van der Waals surface area contributed by atoms with Crippen molar-refractivity contribution in [3.8, 4) is 11.5 Å². The van der Waals surface area contributed by atoms with Crippen molar-refractivity contribution in [2.75, 3.05) is 0 Å². The molecule has 1 atom stereocenters. The van der Waals surface area contributed by atoms with E-state index in [-0.39, 0.29) is 40.0 Å². The summed E-state index contributed by atoms with van der Waals surface area (Å²) in [5.74, 6) is -10.6. The van der Waals surface area contributed by atoms with E-state index in [2.05, 4.69) is 0 Å². The van der Waals surface area contributed by atoms with E-state index in [1.165, 1.54) is 30.3 Å². The maximum Gasteiger partial charge on any atom is 0.314 e. The fourth-order valence-electron chi connectivity index (χ4n) is 6.94. The van der Waals surface area contributed by atoms with E-state index in [4.69, 9.17) is 4.74 Å². The van der Waals surface area contributed by atoms with E-state index in [9.17, 15) is 32.6 Å². The Morgan fingerprint density at radius 2 is 1.16 bits per heavy atom. The number of rotatable bonds is 8. The summed E-state index contributed by atoms with van der Waals surface area (Å²) in [6.45, 7) is 1.83. The maximum absolute atomic E-state index is 15.2. The predicted molar refractivity (Wildman–Crippen MR) is 155 cm³/mol. The lowest BCUT2D eigenvalue weighted by Gasteiger charge is -2.30. The summed E-state index contributed by atoms with van der Waals surface area (Å²) in [4.78, 5) is 12.9. The highest BCUT2D eigenvalue weighted by molar-refractivity contribution is 5.75. The predicted octanol–water partition coefficient (Wildman–Crippen LogP) is 9.38. The van der Waals surface area contributed by atoms with E-state index < -0.39 is 64.4 Å². The van der Waals surface area contributed by atoms with Crippen LogP contribution in [0.5, 0.6) is 11.5 Å². The molecule has 5 rings (SSSR count). The first-order valence-corrected chi connectivity index (χ1v) is 15.5. The van der Waals surface area contributed by atoms with Crippen LogP contribution in [-0.2, 0) is 4.79 Å². The second-order valence-electron chi connectivity index (χ2n) is 12.3. The number of aliphatic hydroxyl groups excluding tert-OH is 1. The number of aromatic hydroxyl groups is 1. The number of carbonyl (C=O) groups is 1. The van der Waals surface area contributed by atoms with Crippen molar-refractivity contribution in [3.63, 3.8) is 0 Å². The van der Waals surface area contributed by atoms with Gasteiger partial charge in [-0.2, -0.15) is 8.78 Å². The highest BCUT2D eigenvalue weighted by Gasteiger charge is 2.33. The van der Waals surface area contributed by atoms with Crippen LogP contribution in [0.2, 0.25) is 0 Å². The molecule has 2 fully saturated rings. The third-order valence-electron chi connectivity index (χ3n) is 9.55. The molecular weight excluding hydrogens is 598 g/mol. The van der Waals surface area contributed by atoms with Crippen molar-refractivity contribution < 1.29 is 46.1 Å². The zero-order valence-corrected chi connectivity index (χ0v) is 24.9. The lowest BCUT2D eigenvalue weighted by atomic mass is 9.76. The molecule has 0 saturated heterocycles. The molecule has 2 N–H and O–H groups in total. The molecule has 0 spiro atoms. The van der Waals surface area contributed by atoms with Crippen LogP contribution in [0.3, 0.4) is 0 Å². The van der Waals surface area contributed by atoms with Gasteiger partial charge in [0.25, 0.3) is 0 Å². The van der Waals surface area contributed by atoms with Gasteiger partial charge in [0.05, 0.1) is 12.0 Å². The smallest absolute Gasteiger partial charge is 0.314 e. The van der Waals surface area contributed by atoms with Crippen LogP contribution in [0.1, 0.15) is 117 Å². The lowest BCUT2D eigenvalue weighted by molar-refractivity contribution is -0.140. The summed E-state index contributed by atoms with van der Waals surface area (Å²) in [7, 11) is 0. The Balaban J connectivity index is 1.18. The summed E-state index contributed by atoms with van der Waals surface area (Å²) in [5, 5.41) is 19.5. The van der Waals surface area contributed by atoms with Crippen molar-refractivity contribution in [3.05, 3.63) is 93.6 Å². The standard InChI is InChI=1S/C35H36F6O4/c1-2-3-26(42)25-13-12-22(29(36)32(25)39)20-8-10-21(11-9-20)35(44)45-28-17-15-24(31(38)34(28)41)19-6-4-18(5-7-19)23-14-16-27(43)33(40)30(23)37/h12-21,26,42-43H,2-11H2,1H3. The summed E-state index contributed by atoms with van der Waals surface area (Å²) in [5.41, 5.74) is 0.365. The Morgan fingerprint density at radius 1 is 0.689 bits per heavy atom. The van der Waals surface area contributed by atoms with E-state index in [1.807, 2.05) is 6.92 Å². The number of hydrogen-bond acceptors (Lipinski definition) is 4. The molecule has 3 aromatic rings. The van der Waals surface area contributed by atoms with Crippen LogP contribution in [0.25, 0.3) is 0 Å². The number of halogens is 6. The van der Waals surface area contributed by atoms with Gasteiger partial charge in [-0.25, -0.2) is 17.6 Å². The van der Waals surface area contributed by atoms with Crippen molar-refractivity contribution in [1.29, 1.82) is 0 Å². The van der Waals surface area contributed by atoms with Crippen LogP contribution in [-0.4, -0.2) is 16.2 Å². The quantitative estimate of drug-likeness (QED) is 0.147. The number of hydrogen-bond donors (Lipinski definition) is 2. The Hall–Kier alpha value is -3.53. The Morgan fingerprint density at radius 3 is 1.71 bits per heavy atom. The Bertz CT molecular complexity index is 1540. The van der Waals surface area contributed by atoms with E-state index in [0.717, 1.165) is 6.07 Å². The molecule has 0 heterocycles. The monoisotopic (exact) mass is 634 g/mol. The van der Waals surface area contributed by atoms with Gasteiger partial charge in [-0.3, -0.25) is 4.79 Å². The van der Waals surface area contributed by atoms with E-state index in [0.29, 0.717) is 64.2 Å². The fraction of sp³-hybridized carbons (Fsp3) is 0.457. The zero-order chi connectivity index (χ0) is 32.4. The number of phenolic OH excluding ortho intramolecular Hbond substituents is 1. The number of phenols is 1. The maximum atomic E-state index is 15.2. The summed E-state index contributed by atoms with van der Waals surface area (Å²) >= 11 is 0. The summed E-state index contributed by atoms with van der Waals surface area (Å²) < 4.78 is 93.2. The van der Waals surface area contributed by atoms with Gasteiger partial charge in [0.15, 0.2) is 34.8 Å². The molecule has 45 heavy (non-hydrogen) atoms. The SMILES string of the molecule is CCCC(O)c1ccc(C2CCC(C(=O)Oc3ccc(C4CCC(c5ccc(O)c(F)c5F)CC4)c(F)c3F)CC2)c(F)c1F. The molecule has 0 aliphatic heterocycles. The second-order valence-corrected chi connectivity index (χ2v) is 12.3. The normalized spacial score (nSPS) is 22.7. The van der Waals surface area contributed by atoms with Crippen molar-refractivity contribution >= 4 is 5.97 Å². The first-order valence-electron chi connectivity index (χ1n) is 15.5. The van der Waals surface area contributed by atoms with Gasteiger partial charge in [-0.1, -0.05) is 37.6 Å². The first-order chi connectivity index (χ1) is 21.5. The number of aliphatic hydroxyl groups is 1. The molecule has 1 unspecified atom stereocenters. The minimum absolute atomic E-state index is 0.0792. The van der Waals surface area contributed by atoms with Crippen molar-refractivity contribution in [2.24, 2.45) is 5.92 Å². The lowest BCUT2D eigenvalue weighted by Crippen LogP contribution is -2.26. The minimum atomic E-state index is -1.31. The van der Waals surface area contributed by atoms with Crippen molar-refractivity contribution in [2.45, 2.75) is 95.0 Å². The van der Waals surface area contributed by atoms with Crippen LogP contribution in [0.4, 0.5) is 26.3 Å². The molecule has 2 aliphatic carbocycles. The highest BCUT2D eigenvalue weighted by Crippen LogP contribution is 2.44. The average Bonchev–Trinajstić information content (AvgIpc) is 3.04. The summed E-state index contributed by atoms with van der Waals surface area (Å²) in [6.07, 6.45) is 2.78. The highest BCUT2D eigenvalue weighted by atomic mass is 19.2. The number of benzene rings is 3. The average molecular weight is 635 g/mol. The van der Waals surface area contributed by atoms with Gasteiger partial charge < -0.3 is 14.9 Å². The van der Waals surface area contributed by atoms with Gasteiger partial charge in [0.2, 0.25) is 11.6 Å². The molecular formula is C35H36F6O4. The van der Waals surface area contributed by atoms with Gasteiger partial charge in [0, 0.05) is 5.56 Å². The molecule has 2 aliphatic rings. The number of esters is 1. The first kappa shape index (κ1) is 32.9. The summed E-state index contributed by atoms with van der Waals surface area (Å²) in [6, 6.07) is 7.91. The van der Waals surface area contributed by atoms with Gasteiger partial charge >= 0.3 is 5.97 Å². The molecule has 0 bridgehead atoms. The van der Waals surface area contributed by atoms with Gasteiger partial charge in [-0.15, -0.1) is 0 Å². The van der Waals surface area contributed by atoms with Gasteiger partial charge in [-0.05, 0) is 104 Å².